The number of phenols is 1. The summed E-state index contributed by atoms with van der Waals surface area (Å²) in [7, 11) is 0. The number of nitrogens with one attached hydrogen (secondary N) is 1. The van der Waals surface area contributed by atoms with Gasteiger partial charge in [0.1, 0.15) is 11.8 Å². The van der Waals surface area contributed by atoms with Gasteiger partial charge in [-0.1, -0.05) is 12.1 Å². The predicted octanol–water partition coefficient (Wildman–Crippen LogP) is 1.20. The molecule has 4 nitrogen and oxygen atoms in total. The molecular formula is C10H11F2NO3. The van der Waals surface area contributed by atoms with Crippen molar-refractivity contribution in [2.24, 2.45) is 0 Å². The molecule has 16 heavy (non-hydrogen) atoms. The highest BCUT2D eigenvalue weighted by atomic mass is 19.3. The van der Waals surface area contributed by atoms with Crippen molar-refractivity contribution in [2.75, 3.05) is 0 Å². The fourth-order valence-corrected chi connectivity index (χ4v) is 1.24. The second kappa shape index (κ2) is 5.41. The van der Waals surface area contributed by atoms with E-state index in [0.29, 0.717) is 5.56 Å². The highest BCUT2D eigenvalue weighted by molar-refractivity contribution is 5.73. The first kappa shape index (κ1) is 12.4. The Morgan fingerprint density at radius 2 is 1.88 bits per heavy atom. The third-order valence-electron chi connectivity index (χ3n) is 2.00. The normalized spacial score (nSPS) is 12.7. The molecule has 0 saturated carbocycles. The van der Waals surface area contributed by atoms with Gasteiger partial charge in [-0.2, -0.15) is 8.78 Å². The van der Waals surface area contributed by atoms with Gasteiger partial charge in [-0.05, 0) is 24.1 Å². The smallest absolute Gasteiger partial charge is 0.321 e. The lowest BCUT2D eigenvalue weighted by molar-refractivity contribution is -0.140. The van der Waals surface area contributed by atoms with Crippen molar-refractivity contribution in [3.05, 3.63) is 29.8 Å². The van der Waals surface area contributed by atoms with Crippen LogP contribution in [0.25, 0.3) is 0 Å². The molecule has 1 aromatic carbocycles. The number of aromatic hydroxyl groups is 1. The number of hydrogen-bond acceptors (Lipinski definition) is 3. The first-order chi connectivity index (χ1) is 7.49. The Bertz CT molecular complexity index is 354. The van der Waals surface area contributed by atoms with Crippen LogP contribution in [-0.2, 0) is 11.2 Å². The van der Waals surface area contributed by atoms with E-state index in [9.17, 15) is 13.6 Å². The number of alkyl halides is 2. The Morgan fingerprint density at radius 3 is 2.31 bits per heavy atom. The molecule has 3 N–H and O–H groups in total. The predicted molar refractivity (Wildman–Crippen MR) is 52.4 cm³/mol. The zero-order valence-corrected chi connectivity index (χ0v) is 8.23. The molecule has 1 unspecified atom stereocenters. The van der Waals surface area contributed by atoms with E-state index in [-0.39, 0.29) is 12.2 Å². The SMILES string of the molecule is O=C(O)C(Cc1ccc(O)cc1)NC(F)F. The molecule has 0 aliphatic rings. The first-order valence-corrected chi connectivity index (χ1v) is 4.54. The molecule has 0 aromatic heterocycles. The van der Waals surface area contributed by atoms with Crippen LogP contribution in [0.1, 0.15) is 5.56 Å². The van der Waals surface area contributed by atoms with Gasteiger partial charge in [0.2, 0.25) is 0 Å². The van der Waals surface area contributed by atoms with Gasteiger partial charge in [0.05, 0.1) is 0 Å². The second-order valence-corrected chi connectivity index (χ2v) is 3.23. The standard InChI is InChI=1S/C10H11F2NO3/c11-10(12)13-8(9(15)16)5-6-1-3-7(14)4-2-6/h1-4,8,10,13-14H,5H2,(H,15,16). The summed E-state index contributed by atoms with van der Waals surface area (Å²) in [5.74, 6) is -1.30. The average Bonchev–Trinajstić information content (AvgIpc) is 2.19. The summed E-state index contributed by atoms with van der Waals surface area (Å²) in [6.07, 6.45) is -0.0695. The molecule has 0 aliphatic heterocycles. The van der Waals surface area contributed by atoms with Crippen molar-refractivity contribution in [3.63, 3.8) is 0 Å². The van der Waals surface area contributed by atoms with Crippen molar-refractivity contribution >= 4 is 5.97 Å². The minimum absolute atomic E-state index is 0.0393. The summed E-state index contributed by atoms with van der Waals surface area (Å²) in [5, 5.41) is 19.3. The number of aliphatic carboxylic acids is 1. The molecule has 88 valence electrons. The van der Waals surface area contributed by atoms with Crippen LogP contribution in [0, 0.1) is 0 Å². The van der Waals surface area contributed by atoms with Crippen LogP contribution in [0.4, 0.5) is 8.78 Å². The van der Waals surface area contributed by atoms with Gasteiger partial charge in [-0.15, -0.1) is 0 Å². The topological polar surface area (TPSA) is 69.6 Å². The minimum atomic E-state index is -2.88. The van der Waals surface area contributed by atoms with E-state index in [1.54, 1.807) is 5.32 Å². The van der Waals surface area contributed by atoms with Gasteiger partial charge in [0, 0.05) is 0 Å². The van der Waals surface area contributed by atoms with Gasteiger partial charge >= 0.3 is 5.97 Å². The Kier molecular flexibility index (Phi) is 4.19. The third kappa shape index (κ3) is 3.82. The van der Waals surface area contributed by atoms with E-state index >= 15 is 0 Å². The molecule has 0 radical (unpaired) electrons. The molecule has 0 heterocycles. The highest BCUT2D eigenvalue weighted by Gasteiger charge is 2.21. The minimum Gasteiger partial charge on any atom is -0.508 e. The molecule has 1 aromatic rings. The van der Waals surface area contributed by atoms with Crippen LogP contribution in [0.5, 0.6) is 5.75 Å². The maximum absolute atomic E-state index is 12.0. The summed E-state index contributed by atoms with van der Waals surface area (Å²) in [4.78, 5) is 10.7. The van der Waals surface area contributed by atoms with Crippen LogP contribution in [-0.4, -0.2) is 28.8 Å². The summed E-state index contributed by atoms with van der Waals surface area (Å²) in [6.45, 7) is -2.88. The lowest BCUT2D eigenvalue weighted by Crippen LogP contribution is -2.41. The lowest BCUT2D eigenvalue weighted by atomic mass is 10.1. The zero-order valence-electron chi connectivity index (χ0n) is 8.23. The van der Waals surface area contributed by atoms with Crippen molar-refractivity contribution in [1.29, 1.82) is 0 Å². The van der Waals surface area contributed by atoms with Gasteiger partial charge in [0.15, 0.2) is 0 Å². The van der Waals surface area contributed by atoms with E-state index in [4.69, 9.17) is 10.2 Å². The number of carboxylic acids is 1. The average molecular weight is 231 g/mol. The van der Waals surface area contributed by atoms with Crippen molar-refractivity contribution in [1.82, 2.24) is 5.32 Å². The lowest BCUT2D eigenvalue weighted by Gasteiger charge is -2.13. The number of rotatable bonds is 5. The number of phenolic OH excluding ortho intramolecular Hbond substituents is 1. The monoisotopic (exact) mass is 231 g/mol. The number of carboxylic acid groups (broad SMARTS) is 1. The molecule has 0 saturated heterocycles. The van der Waals surface area contributed by atoms with Crippen molar-refractivity contribution in [2.45, 2.75) is 19.0 Å². The van der Waals surface area contributed by atoms with Crippen LogP contribution < -0.4 is 5.32 Å². The molecule has 0 fully saturated rings. The molecule has 0 spiro atoms. The van der Waals surface area contributed by atoms with Crippen LogP contribution in [0.2, 0.25) is 0 Å². The fraction of sp³-hybridized carbons (Fsp3) is 0.300. The molecule has 1 rings (SSSR count). The quantitative estimate of drug-likeness (QED) is 0.666. The zero-order chi connectivity index (χ0) is 12.1. The van der Waals surface area contributed by atoms with Gasteiger partial charge < -0.3 is 10.2 Å². The highest BCUT2D eigenvalue weighted by Crippen LogP contribution is 2.11. The van der Waals surface area contributed by atoms with Crippen LogP contribution in [0.15, 0.2) is 24.3 Å². The summed E-state index contributed by atoms with van der Waals surface area (Å²) in [6, 6.07) is 4.37. The number of halogens is 2. The van der Waals surface area contributed by atoms with E-state index in [0.717, 1.165) is 0 Å². The number of hydrogen-bond donors (Lipinski definition) is 3. The molecule has 1 atom stereocenters. The van der Waals surface area contributed by atoms with Gasteiger partial charge in [-0.25, -0.2) is 5.32 Å². The van der Waals surface area contributed by atoms with Gasteiger partial charge in [-0.3, -0.25) is 4.79 Å². The molecule has 0 bridgehead atoms. The van der Waals surface area contributed by atoms with Crippen LogP contribution >= 0.6 is 0 Å². The first-order valence-electron chi connectivity index (χ1n) is 4.54. The van der Waals surface area contributed by atoms with Crippen LogP contribution in [0.3, 0.4) is 0 Å². The van der Waals surface area contributed by atoms with E-state index in [1.165, 1.54) is 24.3 Å². The van der Waals surface area contributed by atoms with Gasteiger partial charge in [0.25, 0.3) is 6.55 Å². The Labute approximate surface area is 90.5 Å². The third-order valence-corrected chi connectivity index (χ3v) is 2.00. The van der Waals surface area contributed by atoms with Crippen molar-refractivity contribution < 1.29 is 23.8 Å². The van der Waals surface area contributed by atoms with E-state index in [1.807, 2.05) is 0 Å². The van der Waals surface area contributed by atoms with E-state index < -0.39 is 18.6 Å². The summed E-state index contributed by atoms with van der Waals surface area (Å²) >= 11 is 0. The van der Waals surface area contributed by atoms with Crippen molar-refractivity contribution in [3.8, 4) is 5.75 Å². The van der Waals surface area contributed by atoms with E-state index in [2.05, 4.69) is 0 Å². The summed E-state index contributed by atoms with van der Waals surface area (Å²) in [5.41, 5.74) is 0.554. The Morgan fingerprint density at radius 1 is 1.31 bits per heavy atom. The second-order valence-electron chi connectivity index (χ2n) is 3.23. The Hall–Kier alpha value is -1.69. The summed E-state index contributed by atoms with van der Waals surface area (Å²) < 4.78 is 24.0. The fourth-order valence-electron chi connectivity index (χ4n) is 1.24. The largest absolute Gasteiger partial charge is 0.508 e. The molecule has 6 heteroatoms. The molecular weight excluding hydrogens is 220 g/mol. The molecule has 0 aliphatic carbocycles. The maximum Gasteiger partial charge on any atom is 0.321 e. The number of carbonyl (C=O) groups is 1. The number of benzene rings is 1. The maximum atomic E-state index is 12.0. The molecule has 0 amide bonds. The Balaban J connectivity index is 2.68.